The molecule has 210 valence electrons. The number of hydrazone groups is 1. The van der Waals surface area contributed by atoms with Crippen molar-refractivity contribution in [1.82, 2.24) is 26.1 Å². The molecule has 15 heteroatoms. The van der Waals surface area contributed by atoms with E-state index >= 15 is 0 Å². The van der Waals surface area contributed by atoms with Gasteiger partial charge in [-0.15, -0.1) is 0 Å². The standard InChI is InChI=1S/C25H27N7O7S/c33-23(18-7-5-12-26-14-18)27-13-4-3-8-20(25(35)32-36)30-24(34)19-10-11-22(28-15-19)31-29-16-17-6-1-2-9-21(17)40(37,38)39/h1-2,5-7,9-12,14-16,20,36H,3-4,8,13H2,(H,27,33)(H,28,31)(H,30,34)(H,32,35)(H,37,38,39). The molecule has 0 bridgehead atoms. The van der Waals surface area contributed by atoms with E-state index in [0.717, 1.165) is 0 Å². The molecule has 0 aliphatic heterocycles. The van der Waals surface area contributed by atoms with Gasteiger partial charge in [0.25, 0.3) is 27.8 Å². The molecule has 3 amide bonds. The van der Waals surface area contributed by atoms with Gasteiger partial charge in [0.1, 0.15) is 16.8 Å². The molecule has 3 aromatic rings. The first-order valence-electron chi connectivity index (χ1n) is 11.9. The zero-order valence-electron chi connectivity index (χ0n) is 21.0. The molecule has 0 aliphatic rings. The predicted molar refractivity (Wildman–Crippen MR) is 143 cm³/mol. The SMILES string of the molecule is O=C(NCCCCC(NC(=O)c1ccc(NN=Cc2ccccc2S(=O)(=O)O)nc1)C(=O)NO)c1cccnc1. The van der Waals surface area contributed by atoms with Gasteiger partial charge in [0.2, 0.25) is 0 Å². The van der Waals surface area contributed by atoms with Gasteiger partial charge in [0, 0.05) is 30.7 Å². The fourth-order valence-electron chi connectivity index (χ4n) is 3.45. The molecule has 2 aromatic heterocycles. The van der Waals surface area contributed by atoms with Crippen molar-refractivity contribution in [2.24, 2.45) is 5.10 Å². The summed E-state index contributed by atoms with van der Waals surface area (Å²) in [6, 6.07) is 10.8. The third-order valence-corrected chi connectivity index (χ3v) is 6.39. The number of carbonyl (C=O) groups excluding carboxylic acids is 3. The molecule has 3 rings (SSSR count). The predicted octanol–water partition coefficient (Wildman–Crippen LogP) is 1.37. The van der Waals surface area contributed by atoms with Crippen LogP contribution in [-0.4, -0.2) is 64.7 Å². The summed E-state index contributed by atoms with van der Waals surface area (Å²) < 4.78 is 32.2. The highest BCUT2D eigenvalue weighted by Crippen LogP contribution is 2.13. The number of anilines is 1. The van der Waals surface area contributed by atoms with E-state index in [2.05, 4.69) is 31.1 Å². The lowest BCUT2D eigenvalue weighted by atomic mass is 10.1. The summed E-state index contributed by atoms with van der Waals surface area (Å²) in [7, 11) is -4.43. The van der Waals surface area contributed by atoms with Crippen LogP contribution in [0.1, 0.15) is 45.5 Å². The second-order valence-electron chi connectivity index (χ2n) is 8.31. The smallest absolute Gasteiger partial charge is 0.295 e. The van der Waals surface area contributed by atoms with Crippen LogP contribution < -0.4 is 21.5 Å². The number of nitrogens with zero attached hydrogens (tertiary/aromatic N) is 3. The second-order valence-corrected chi connectivity index (χ2v) is 9.70. The fourth-order valence-corrected chi connectivity index (χ4v) is 4.12. The van der Waals surface area contributed by atoms with Crippen molar-refractivity contribution >= 4 is 39.9 Å². The molecular formula is C25H27N7O7S. The van der Waals surface area contributed by atoms with Gasteiger partial charge in [-0.25, -0.2) is 10.5 Å². The number of hydroxylamine groups is 1. The van der Waals surface area contributed by atoms with Gasteiger partial charge in [-0.05, 0) is 49.6 Å². The molecule has 0 spiro atoms. The molecule has 40 heavy (non-hydrogen) atoms. The molecule has 0 aliphatic carbocycles. The van der Waals surface area contributed by atoms with E-state index in [1.54, 1.807) is 24.4 Å². The van der Waals surface area contributed by atoms with Crippen molar-refractivity contribution in [3.63, 3.8) is 0 Å². The van der Waals surface area contributed by atoms with Crippen LogP contribution in [-0.2, 0) is 14.9 Å². The summed E-state index contributed by atoms with van der Waals surface area (Å²) in [5.74, 6) is -1.44. The highest BCUT2D eigenvalue weighted by atomic mass is 32.2. The average molecular weight is 570 g/mol. The van der Waals surface area contributed by atoms with Crippen LogP contribution >= 0.6 is 0 Å². The minimum atomic E-state index is -4.43. The van der Waals surface area contributed by atoms with Crippen LogP contribution in [0.5, 0.6) is 0 Å². The van der Waals surface area contributed by atoms with E-state index in [0.29, 0.717) is 24.9 Å². The van der Waals surface area contributed by atoms with Crippen molar-refractivity contribution < 1.29 is 32.6 Å². The van der Waals surface area contributed by atoms with Gasteiger partial charge in [-0.2, -0.15) is 13.5 Å². The van der Waals surface area contributed by atoms with E-state index in [9.17, 15) is 27.4 Å². The van der Waals surface area contributed by atoms with Crippen molar-refractivity contribution in [2.45, 2.75) is 30.2 Å². The zero-order chi connectivity index (χ0) is 29.0. The lowest BCUT2D eigenvalue weighted by molar-refractivity contribution is -0.131. The Hall–Kier alpha value is -4.73. The van der Waals surface area contributed by atoms with E-state index in [1.807, 2.05) is 0 Å². The number of rotatable bonds is 13. The summed E-state index contributed by atoms with van der Waals surface area (Å²) in [4.78, 5) is 44.4. The largest absolute Gasteiger partial charge is 0.352 e. The monoisotopic (exact) mass is 569 g/mol. The minimum absolute atomic E-state index is 0.130. The lowest BCUT2D eigenvalue weighted by Crippen LogP contribution is -2.46. The van der Waals surface area contributed by atoms with E-state index in [4.69, 9.17) is 5.21 Å². The number of nitrogens with one attached hydrogen (secondary N) is 4. The average Bonchev–Trinajstić information content (AvgIpc) is 2.96. The first-order chi connectivity index (χ1) is 19.2. The fraction of sp³-hybridized carbons (Fsp3) is 0.200. The number of hydrogen-bond donors (Lipinski definition) is 6. The summed E-state index contributed by atoms with van der Waals surface area (Å²) in [6.07, 6.45) is 6.62. The Bertz CT molecular complexity index is 1450. The van der Waals surface area contributed by atoms with Gasteiger partial charge in [0.05, 0.1) is 17.3 Å². The third-order valence-electron chi connectivity index (χ3n) is 5.47. The van der Waals surface area contributed by atoms with Crippen LogP contribution in [0.4, 0.5) is 5.82 Å². The second kappa shape index (κ2) is 14.4. The Labute approximate surface area is 229 Å². The number of pyridine rings is 2. The Morgan fingerprint density at radius 1 is 0.975 bits per heavy atom. The highest BCUT2D eigenvalue weighted by molar-refractivity contribution is 7.86. The van der Waals surface area contributed by atoms with Crippen LogP contribution in [0.3, 0.4) is 0 Å². The summed E-state index contributed by atoms with van der Waals surface area (Å²) in [5, 5.41) is 18.2. The first-order valence-corrected chi connectivity index (χ1v) is 13.4. The third kappa shape index (κ3) is 8.93. The number of aromatic nitrogens is 2. The molecule has 0 fully saturated rings. The van der Waals surface area contributed by atoms with Gasteiger partial charge in [-0.1, -0.05) is 18.2 Å². The molecule has 0 radical (unpaired) electrons. The topological polar surface area (TPSA) is 212 Å². The molecular weight excluding hydrogens is 542 g/mol. The number of amides is 3. The Balaban J connectivity index is 1.50. The van der Waals surface area contributed by atoms with Crippen molar-refractivity contribution in [3.8, 4) is 0 Å². The van der Waals surface area contributed by atoms with Crippen LogP contribution in [0.2, 0.25) is 0 Å². The molecule has 0 saturated heterocycles. The molecule has 6 N–H and O–H groups in total. The van der Waals surface area contributed by atoms with Gasteiger partial charge >= 0.3 is 0 Å². The molecule has 2 heterocycles. The van der Waals surface area contributed by atoms with Crippen molar-refractivity contribution in [1.29, 1.82) is 0 Å². The molecule has 1 atom stereocenters. The maximum Gasteiger partial charge on any atom is 0.295 e. The summed E-state index contributed by atoms with van der Waals surface area (Å²) >= 11 is 0. The van der Waals surface area contributed by atoms with Gasteiger partial charge in [-0.3, -0.25) is 34.6 Å². The summed E-state index contributed by atoms with van der Waals surface area (Å²) in [5.41, 5.74) is 4.83. The maximum atomic E-state index is 12.6. The number of unbranched alkanes of at least 4 members (excludes halogenated alkanes) is 1. The van der Waals surface area contributed by atoms with Crippen LogP contribution in [0.15, 0.2) is 77.1 Å². The normalized spacial score (nSPS) is 11.9. The minimum Gasteiger partial charge on any atom is -0.352 e. The molecule has 1 aromatic carbocycles. The Kier molecular flexibility index (Phi) is 10.8. The summed E-state index contributed by atoms with van der Waals surface area (Å²) in [6.45, 7) is 0.345. The van der Waals surface area contributed by atoms with Crippen LogP contribution in [0.25, 0.3) is 0 Å². The molecule has 1 unspecified atom stereocenters. The van der Waals surface area contributed by atoms with Gasteiger partial charge < -0.3 is 10.6 Å². The number of carbonyl (C=O) groups is 3. The van der Waals surface area contributed by atoms with Crippen molar-refractivity contribution in [3.05, 3.63) is 83.8 Å². The Morgan fingerprint density at radius 2 is 1.75 bits per heavy atom. The quantitative estimate of drug-likeness (QED) is 0.0572. The van der Waals surface area contributed by atoms with E-state index in [1.165, 1.54) is 54.4 Å². The number of benzene rings is 1. The van der Waals surface area contributed by atoms with Gasteiger partial charge in [0.15, 0.2) is 0 Å². The highest BCUT2D eigenvalue weighted by Gasteiger charge is 2.21. The van der Waals surface area contributed by atoms with Crippen molar-refractivity contribution in [2.75, 3.05) is 12.0 Å². The maximum absolute atomic E-state index is 12.6. The zero-order valence-corrected chi connectivity index (χ0v) is 21.8. The Morgan fingerprint density at radius 3 is 2.42 bits per heavy atom. The van der Waals surface area contributed by atoms with E-state index < -0.39 is 28.0 Å². The van der Waals surface area contributed by atoms with Crippen LogP contribution in [0, 0.1) is 0 Å². The molecule has 14 nitrogen and oxygen atoms in total. The number of hydrogen-bond acceptors (Lipinski definition) is 10. The molecule has 0 saturated carbocycles. The first kappa shape index (κ1) is 29.8. The lowest BCUT2D eigenvalue weighted by Gasteiger charge is -2.17. The van der Waals surface area contributed by atoms with E-state index in [-0.39, 0.29) is 34.2 Å².